The van der Waals surface area contributed by atoms with E-state index in [1.807, 2.05) is 6.92 Å². The predicted molar refractivity (Wildman–Crippen MR) is 77.3 cm³/mol. The van der Waals surface area contributed by atoms with Crippen molar-refractivity contribution in [3.63, 3.8) is 0 Å². The molecular formula is C15H26ClNO2. The van der Waals surface area contributed by atoms with Crippen LogP contribution in [-0.4, -0.2) is 30.0 Å². The summed E-state index contributed by atoms with van der Waals surface area (Å²) in [4.78, 5) is 12.5. The lowest BCUT2D eigenvalue weighted by atomic mass is 9.85. The number of nitrogens with one attached hydrogen (secondary N) is 1. The Hall–Kier alpha value is -0.280. The molecule has 6 atom stereocenters. The van der Waals surface area contributed by atoms with E-state index in [1.54, 1.807) is 0 Å². The fraction of sp³-hybridized carbons (Fsp3) is 0.933. The zero-order valence-corrected chi connectivity index (χ0v) is 13.0. The number of rotatable bonds is 3. The highest BCUT2D eigenvalue weighted by atomic mass is 35.5. The van der Waals surface area contributed by atoms with Gasteiger partial charge in [-0.25, -0.2) is 0 Å². The smallest absolute Gasteiger partial charge is 0.226 e. The molecule has 4 heteroatoms. The van der Waals surface area contributed by atoms with Crippen molar-refractivity contribution in [2.24, 2.45) is 17.8 Å². The van der Waals surface area contributed by atoms with E-state index < -0.39 is 0 Å². The van der Waals surface area contributed by atoms with Crippen LogP contribution >= 0.6 is 11.6 Å². The summed E-state index contributed by atoms with van der Waals surface area (Å²) in [5.74, 6) is 1.73. The number of ether oxygens (including phenoxy) is 1. The van der Waals surface area contributed by atoms with Crippen LogP contribution in [0.1, 0.15) is 46.5 Å². The van der Waals surface area contributed by atoms with Crippen molar-refractivity contribution in [1.82, 2.24) is 5.32 Å². The van der Waals surface area contributed by atoms with Crippen LogP contribution in [0, 0.1) is 17.8 Å². The monoisotopic (exact) mass is 287 g/mol. The first-order valence-electron chi connectivity index (χ1n) is 7.54. The van der Waals surface area contributed by atoms with Gasteiger partial charge in [-0.1, -0.05) is 13.3 Å². The molecule has 3 nitrogen and oxygen atoms in total. The van der Waals surface area contributed by atoms with Crippen molar-refractivity contribution in [1.29, 1.82) is 0 Å². The average Bonchev–Trinajstić information content (AvgIpc) is 2.63. The molecule has 1 saturated heterocycles. The zero-order valence-electron chi connectivity index (χ0n) is 12.2. The molecule has 6 unspecified atom stereocenters. The van der Waals surface area contributed by atoms with Gasteiger partial charge < -0.3 is 10.1 Å². The summed E-state index contributed by atoms with van der Waals surface area (Å²) in [5, 5.41) is 3.23. The number of amides is 1. The van der Waals surface area contributed by atoms with Gasteiger partial charge in [0.2, 0.25) is 5.91 Å². The van der Waals surface area contributed by atoms with E-state index in [0.29, 0.717) is 23.8 Å². The SMILES string of the molecule is CC1OC(C)C(C(=O)NC2CCCC(CCl)C2)C1C. The van der Waals surface area contributed by atoms with E-state index in [2.05, 4.69) is 19.2 Å². The van der Waals surface area contributed by atoms with Crippen LogP contribution in [0.2, 0.25) is 0 Å². The first-order valence-corrected chi connectivity index (χ1v) is 8.08. The minimum Gasteiger partial charge on any atom is -0.374 e. The Balaban J connectivity index is 1.90. The molecule has 0 aromatic carbocycles. The second-order valence-corrected chi connectivity index (χ2v) is 6.63. The summed E-state index contributed by atoms with van der Waals surface area (Å²) in [6, 6.07) is 0.306. The first kappa shape index (κ1) is 15.1. The highest BCUT2D eigenvalue weighted by Crippen LogP contribution is 2.33. The minimum absolute atomic E-state index is 0.00798. The lowest BCUT2D eigenvalue weighted by Gasteiger charge is -2.30. The van der Waals surface area contributed by atoms with Crippen LogP contribution in [0.25, 0.3) is 0 Å². The molecule has 0 aromatic heterocycles. The van der Waals surface area contributed by atoms with Gasteiger partial charge in [-0.2, -0.15) is 0 Å². The maximum absolute atomic E-state index is 12.5. The number of carbonyl (C=O) groups is 1. The molecule has 1 saturated carbocycles. The van der Waals surface area contributed by atoms with Gasteiger partial charge in [-0.05, 0) is 44.9 Å². The summed E-state index contributed by atoms with van der Waals surface area (Å²) >= 11 is 5.94. The lowest BCUT2D eigenvalue weighted by Crippen LogP contribution is -2.44. The summed E-state index contributed by atoms with van der Waals surface area (Å²) in [5.41, 5.74) is 0. The molecular weight excluding hydrogens is 262 g/mol. The van der Waals surface area contributed by atoms with E-state index in [4.69, 9.17) is 16.3 Å². The fourth-order valence-corrected chi connectivity index (χ4v) is 3.86. The number of alkyl halides is 1. The quantitative estimate of drug-likeness (QED) is 0.811. The Bertz CT molecular complexity index is 323. The van der Waals surface area contributed by atoms with Gasteiger partial charge in [0.15, 0.2) is 0 Å². The van der Waals surface area contributed by atoms with Crippen molar-refractivity contribution < 1.29 is 9.53 Å². The standard InChI is InChI=1S/C15H26ClNO2/c1-9-10(2)19-11(3)14(9)15(18)17-13-6-4-5-12(7-13)8-16/h9-14H,4-8H2,1-3H3,(H,17,18). The predicted octanol–water partition coefficient (Wildman–Crippen LogP) is 2.96. The molecule has 1 amide bonds. The van der Waals surface area contributed by atoms with Crippen LogP contribution in [0.4, 0.5) is 0 Å². The van der Waals surface area contributed by atoms with E-state index in [-0.39, 0.29) is 24.0 Å². The third kappa shape index (κ3) is 3.43. The maximum atomic E-state index is 12.5. The van der Waals surface area contributed by atoms with Crippen LogP contribution in [0.5, 0.6) is 0 Å². The van der Waals surface area contributed by atoms with E-state index in [9.17, 15) is 4.79 Å². The van der Waals surface area contributed by atoms with Crippen molar-refractivity contribution in [2.75, 3.05) is 5.88 Å². The maximum Gasteiger partial charge on any atom is 0.226 e. The Morgan fingerprint density at radius 2 is 2.00 bits per heavy atom. The van der Waals surface area contributed by atoms with E-state index in [0.717, 1.165) is 12.8 Å². The van der Waals surface area contributed by atoms with Crippen LogP contribution in [-0.2, 0) is 9.53 Å². The van der Waals surface area contributed by atoms with Gasteiger partial charge in [0.25, 0.3) is 0 Å². The van der Waals surface area contributed by atoms with Crippen molar-refractivity contribution in [2.45, 2.75) is 64.7 Å². The number of hydrogen-bond donors (Lipinski definition) is 1. The number of hydrogen-bond acceptors (Lipinski definition) is 2. The van der Waals surface area contributed by atoms with E-state index in [1.165, 1.54) is 12.8 Å². The van der Waals surface area contributed by atoms with Gasteiger partial charge in [0.05, 0.1) is 18.1 Å². The van der Waals surface area contributed by atoms with Gasteiger partial charge in [0, 0.05) is 11.9 Å². The average molecular weight is 288 g/mol. The number of carbonyl (C=O) groups excluding carboxylic acids is 1. The summed E-state index contributed by atoms with van der Waals surface area (Å²) < 4.78 is 5.76. The molecule has 0 spiro atoms. The van der Waals surface area contributed by atoms with Crippen LogP contribution in [0.3, 0.4) is 0 Å². The summed E-state index contributed by atoms with van der Waals surface area (Å²) in [6.45, 7) is 6.17. The summed E-state index contributed by atoms with van der Waals surface area (Å²) in [6.07, 6.45) is 4.69. The molecule has 2 aliphatic rings. The minimum atomic E-state index is -0.00798. The Labute approximate surface area is 121 Å². The van der Waals surface area contributed by atoms with Crippen LogP contribution in [0.15, 0.2) is 0 Å². The van der Waals surface area contributed by atoms with Gasteiger partial charge >= 0.3 is 0 Å². The fourth-order valence-electron chi connectivity index (χ4n) is 3.58. The third-order valence-corrected chi connectivity index (χ3v) is 5.33. The molecule has 0 aromatic rings. The second-order valence-electron chi connectivity index (χ2n) is 6.32. The second kappa shape index (κ2) is 6.45. The van der Waals surface area contributed by atoms with E-state index >= 15 is 0 Å². The van der Waals surface area contributed by atoms with Crippen molar-refractivity contribution in [3.8, 4) is 0 Å². The van der Waals surface area contributed by atoms with Gasteiger partial charge in [0.1, 0.15) is 0 Å². The molecule has 2 fully saturated rings. The Kier molecular flexibility index (Phi) is 5.13. The largest absolute Gasteiger partial charge is 0.374 e. The zero-order chi connectivity index (χ0) is 14.0. The van der Waals surface area contributed by atoms with Crippen LogP contribution < -0.4 is 5.32 Å². The molecule has 0 radical (unpaired) electrons. The molecule has 1 heterocycles. The molecule has 110 valence electrons. The molecule has 1 N–H and O–H groups in total. The topological polar surface area (TPSA) is 38.3 Å². The highest BCUT2D eigenvalue weighted by molar-refractivity contribution is 6.18. The highest BCUT2D eigenvalue weighted by Gasteiger charge is 2.42. The molecule has 1 aliphatic carbocycles. The van der Waals surface area contributed by atoms with Crippen molar-refractivity contribution in [3.05, 3.63) is 0 Å². The third-order valence-electron chi connectivity index (χ3n) is 4.89. The number of halogens is 1. The molecule has 0 bridgehead atoms. The molecule has 19 heavy (non-hydrogen) atoms. The Morgan fingerprint density at radius 1 is 1.26 bits per heavy atom. The molecule has 1 aliphatic heterocycles. The molecule has 2 rings (SSSR count). The first-order chi connectivity index (χ1) is 9.02. The summed E-state index contributed by atoms with van der Waals surface area (Å²) in [7, 11) is 0. The lowest BCUT2D eigenvalue weighted by molar-refractivity contribution is -0.128. The van der Waals surface area contributed by atoms with Gasteiger partial charge in [-0.3, -0.25) is 4.79 Å². The normalized spacial score (nSPS) is 43.2. The van der Waals surface area contributed by atoms with Crippen molar-refractivity contribution >= 4 is 17.5 Å². The van der Waals surface area contributed by atoms with Gasteiger partial charge in [-0.15, -0.1) is 11.6 Å². The Morgan fingerprint density at radius 3 is 2.58 bits per heavy atom.